The highest BCUT2D eigenvalue weighted by molar-refractivity contribution is 9.08. The van der Waals surface area contributed by atoms with Gasteiger partial charge in [-0.05, 0) is 42.0 Å². The summed E-state index contributed by atoms with van der Waals surface area (Å²) in [4.78, 5) is 11.9. The average molecular weight is 358 g/mol. The van der Waals surface area contributed by atoms with E-state index in [1.54, 1.807) is 12.1 Å². The van der Waals surface area contributed by atoms with Gasteiger partial charge in [-0.25, -0.2) is 0 Å². The van der Waals surface area contributed by atoms with Gasteiger partial charge in [0.15, 0.2) is 0 Å². The Morgan fingerprint density at radius 1 is 1.00 bits per heavy atom. The minimum Gasteiger partial charge on any atom is -0.322 e. The molecule has 0 atom stereocenters. The molecule has 1 N–H and O–H groups in total. The van der Waals surface area contributed by atoms with Crippen LogP contribution >= 0.6 is 15.9 Å². The zero-order valence-electron chi connectivity index (χ0n) is 10.7. The first-order valence-corrected chi connectivity index (χ1v) is 7.16. The van der Waals surface area contributed by atoms with Crippen molar-refractivity contribution in [2.24, 2.45) is 0 Å². The number of anilines is 1. The fourth-order valence-corrected chi connectivity index (χ4v) is 2.06. The van der Waals surface area contributed by atoms with Crippen molar-refractivity contribution in [3.05, 3.63) is 65.2 Å². The topological polar surface area (TPSA) is 29.1 Å². The van der Waals surface area contributed by atoms with E-state index in [2.05, 4.69) is 21.2 Å². The molecule has 2 aromatic rings. The number of hydrogen-bond donors (Lipinski definition) is 1. The zero-order chi connectivity index (χ0) is 15.5. The first-order chi connectivity index (χ1) is 9.90. The Labute approximate surface area is 128 Å². The summed E-state index contributed by atoms with van der Waals surface area (Å²) in [5.41, 5.74) is 1.04. The third-order valence-corrected chi connectivity index (χ3v) is 3.49. The second kappa shape index (κ2) is 6.30. The molecule has 0 fully saturated rings. The van der Waals surface area contributed by atoms with Crippen molar-refractivity contribution in [1.29, 1.82) is 0 Å². The molecule has 1 amide bonds. The van der Waals surface area contributed by atoms with Gasteiger partial charge < -0.3 is 5.32 Å². The normalized spacial score (nSPS) is 11.2. The lowest BCUT2D eigenvalue weighted by atomic mass is 10.1. The summed E-state index contributed by atoms with van der Waals surface area (Å²) in [6.45, 7) is 0. The summed E-state index contributed by atoms with van der Waals surface area (Å²) in [6.07, 6.45) is -4.40. The summed E-state index contributed by atoms with van der Waals surface area (Å²) < 4.78 is 37.3. The van der Waals surface area contributed by atoms with E-state index in [9.17, 15) is 18.0 Å². The average Bonchev–Trinajstić information content (AvgIpc) is 2.47. The molecule has 0 bridgehead atoms. The molecule has 0 aliphatic rings. The van der Waals surface area contributed by atoms with Crippen LogP contribution in [0, 0.1) is 0 Å². The third-order valence-electron chi connectivity index (χ3n) is 2.84. The lowest BCUT2D eigenvalue weighted by Gasteiger charge is -2.08. The Hall–Kier alpha value is -1.82. The minimum absolute atomic E-state index is 0.174. The molecule has 21 heavy (non-hydrogen) atoms. The standard InChI is InChI=1S/C15H11BrF3NO/c16-9-10-1-7-13(8-2-10)20-14(21)11-3-5-12(6-4-11)15(17,18)19/h1-8H,9H2,(H,20,21). The highest BCUT2D eigenvalue weighted by Gasteiger charge is 2.30. The van der Waals surface area contributed by atoms with Crippen LogP contribution in [0.15, 0.2) is 48.5 Å². The van der Waals surface area contributed by atoms with Gasteiger partial charge in [-0.15, -0.1) is 0 Å². The number of hydrogen-bond acceptors (Lipinski definition) is 1. The van der Waals surface area contributed by atoms with Crippen LogP contribution in [-0.2, 0) is 11.5 Å². The Bertz CT molecular complexity index is 621. The fourth-order valence-electron chi connectivity index (χ4n) is 1.69. The van der Waals surface area contributed by atoms with Crippen molar-refractivity contribution >= 4 is 27.5 Å². The van der Waals surface area contributed by atoms with Crippen LogP contribution in [-0.4, -0.2) is 5.91 Å². The Kier molecular flexibility index (Phi) is 4.67. The maximum Gasteiger partial charge on any atom is 0.416 e. The predicted octanol–water partition coefficient (Wildman–Crippen LogP) is 4.85. The summed E-state index contributed by atoms with van der Waals surface area (Å²) in [6, 6.07) is 11.3. The quantitative estimate of drug-likeness (QED) is 0.781. The van der Waals surface area contributed by atoms with Gasteiger partial charge in [-0.1, -0.05) is 28.1 Å². The Balaban J connectivity index is 2.09. The van der Waals surface area contributed by atoms with E-state index < -0.39 is 17.6 Å². The van der Waals surface area contributed by atoms with Gasteiger partial charge in [0.2, 0.25) is 0 Å². The molecular weight excluding hydrogens is 347 g/mol. The number of benzene rings is 2. The van der Waals surface area contributed by atoms with E-state index >= 15 is 0 Å². The van der Waals surface area contributed by atoms with E-state index in [1.165, 1.54) is 0 Å². The summed E-state index contributed by atoms with van der Waals surface area (Å²) in [7, 11) is 0. The van der Waals surface area contributed by atoms with Crippen molar-refractivity contribution in [3.8, 4) is 0 Å². The monoisotopic (exact) mass is 357 g/mol. The molecule has 0 aliphatic heterocycles. The third kappa shape index (κ3) is 4.07. The Morgan fingerprint density at radius 3 is 2.05 bits per heavy atom. The van der Waals surface area contributed by atoms with Crippen molar-refractivity contribution in [2.75, 3.05) is 5.32 Å². The second-order valence-electron chi connectivity index (χ2n) is 4.36. The molecular formula is C15H11BrF3NO. The molecule has 2 nitrogen and oxygen atoms in total. The molecule has 110 valence electrons. The van der Waals surface area contributed by atoms with Crippen molar-refractivity contribution < 1.29 is 18.0 Å². The lowest BCUT2D eigenvalue weighted by molar-refractivity contribution is -0.137. The van der Waals surface area contributed by atoms with Gasteiger partial charge in [-0.3, -0.25) is 4.79 Å². The number of carbonyl (C=O) groups is 1. The van der Waals surface area contributed by atoms with E-state index in [1.807, 2.05) is 12.1 Å². The number of rotatable bonds is 3. The minimum atomic E-state index is -4.40. The molecule has 2 aromatic carbocycles. The first kappa shape index (κ1) is 15.6. The van der Waals surface area contributed by atoms with Crippen LogP contribution in [0.1, 0.15) is 21.5 Å². The molecule has 0 saturated carbocycles. The second-order valence-corrected chi connectivity index (χ2v) is 4.92. The first-order valence-electron chi connectivity index (χ1n) is 6.03. The van der Waals surface area contributed by atoms with E-state index in [-0.39, 0.29) is 5.56 Å². The fraction of sp³-hybridized carbons (Fsp3) is 0.133. The van der Waals surface area contributed by atoms with Gasteiger partial charge in [-0.2, -0.15) is 13.2 Å². The van der Waals surface area contributed by atoms with Crippen LogP contribution in [0.25, 0.3) is 0 Å². The molecule has 0 heterocycles. The largest absolute Gasteiger partial charge is 0.416 e. The highest BCUT2D eigenvalue weighted by atomic mass is 79.9. The van der Waals surface area contributed by atoms with Gasteiger partial charge in [0, 0.05) is 16.6 Å². The van der Waals surface area contributed by atoms with Crippen molar-refractivity contribution in [1.82, 2.24) is 0 Å². The van der Waals surface area contributed by atoms with Gasteiger partial charge >= 0.3 is 6.18 Å². The summed E-state index contributed by atoms with van der Waals surface area (Å²) in [5, 5.41) is 3.34. The molecule has 2 rings (SSSR count). The molecule has 0 radical (unpaired) electrons. The Morgan fingerprint density at radius 2 is 1.57 bits per heavy atom. The number of alkyl halides is 4. The SMILES string of the molecule is O=C(Nc1ccc(CBr)cc1)c1ccc(C(F)(F)F)cc1. The molecule has 0 saturated heterocycles. The van der Waals surface area contributed by atoms with Crippen LogP contribution in [0.4, 0.5) is 18.9 Å². The number of carbonyl (C=O) groups excluding carboxylic acids is 1. The van der Waals surface area contributed by atoms with E-state index in [4.69, 9.17) is 0 Å². The highest BCUT2D eigenvalue weighted by Crippen LogP contribution is 2.29. The van der Waals surface area contributed by atoms with Crippen molar-refractivity contribution in [2.45, 2.75) is 11.5 Å². The smallest absolute Gasteiger partial charge is 0.322 e. The van der Waals surface area contributed by atoms with Crippen LogP contribution < -0.4 is 5.32 Å². The van der Waals surface area contributed by atoms with Crippen LogP contribution in [0.2, 0.25) is 0 Å². The van der Waals surface area contributed by atoms with E-state index in [0.29, 0.717) is 11.0 Å². The molecule has 0 aliphatic carbocycles. The zero-order valence-corrected chi connectivity index (χ0v) is 12.3. The summed E-state index contributed by atoms with van der Waals surface area (Å²) in [5.74, 6) is -0.449. The predicted molar refractivity (Wildman–Crippen MR) is 78.5 cm³/mol. The van der Waals surface area contributed by atoms with Crippen molar-refractivity contribution in [3.63, 3.8) is 0 Å². The van der Waals surface area contributed by atoms with Crippen LogP contribution in [0.5, 0.6) is 0 Å². The maximum atomic E-state index is 12.4. The molecule has 0 aromatic heterocycles. The lowest BCUT2D eigenvalue weighted by Crippen LogP contribution is -2.12. The summed E-state index contributed by atoms with van der Waals surface area (Å²) >= 11 is 3.31. The van der Waals surface area contributed by atoms with Gasteiger partial charge in [0.05, 0.1) is 5.56 Å². The van der Waals surface area contributed by atoms with Crippen LogP contribution in [0.3, 0.4) is 0 Å². The molecule has 0 spiro atoms. The van der Waals surface area contributed by atoms with Gasteiger partial charge in [0.1, 0.15) is 0 Å². The molecule has 0 unspecified atom stereocenters. The van der Waals surface area contributed by atoms with Gasteiger partial charge in [0.25, 0.3) is 5.91 Å². The number of halogens is 4. The maximum absolute atomic E-state index is 12.4. The number of nitrogens with one attached hydrogen (secondary N) is 1. The van der Waals surface area contributed by atoms with E-state index in [0.717, 1.165) is 29.8 Å². The number of amides is 1. The molecule has 6 heteroatoms.